The van der Waals surface area contributed by atoms with E-state index in [1.807, 2.05) is 0 Å². The van der Waals surface area contributed by atoms with E-state index in [1.54, 1.807) is 0 Å². The van der Waals surface area contributed by atoms with Crippen molar-refractivity contribution < 1.29 is 5.11 Å². The highest BCUT2D eigenvalue weighted by molar-refractivity contribution is 5.48. The molecule has 0 spiro atoms. The van der Waals surface area contributed by atoms with Crippen LogP contribution in [0, 0.1) is 0 Å². The van der Waals surface area contributed by atoms with Gasteiger partial charge in [0.25, 0.3) is 0 Å². The first kappa shape index (κ1) is 21.9. The lowest BCUT2D eigenvalue weighted by Crippen LogP contribution is -2.24. The van der Waals surface area contributed by atoms with Crippen LogP contribution in [0.15, 0.2) is 12.1 Å². The topological polar surface area (TPSA) is 30.0 Å². The molecule has 144 valence electrons. The molecule has 0 radical (unpaired) electrons. The summed E-state index contributed by atoms with van der Waals surface area (Å²) in [7, 11) is 12.6. The van der Waals surface area contributed by atoms with E-state index in [-0.39, 0.29) is 12.1 Å². The van der Waals surface area contributed by atoms with Gasteiger partial charge in [-0.2, -0.15) is 0 Å². The molecule has 0 amide bonds. The van der Waals surface area contributed by atoms with Gasteiger partial charge in [0.1, 0.15) is 5.75 Å². The molecule has 4 heteroatoms. The summed E-state index contributed by atoms with van der Waals surface area (Å²) < 4.78 is 0. The molecule has 1 rings (SSSR count). The number of aromatic hydroxyl groups is 1. The molecule has 0 aliphatic heterocycles. The minimum absolute atomic E-state index is 0.220. The standard InChI is InChI=1S/C21H39N3O/c1-10-18(22(4)5)15-13-16(19(11-2)23(6)7)21(25)17(14-15)20(12-3)24(8)9/h13-14,18-20,25H,10-12H2,1-9H3. The van der Waals surface area contributed by atoms with E-state index in [0.29, 0.717) is 11.8 Å². The smallest absolute Gasteiger partial charge is 0.125 e. The summed E-state index contributed by atoms with van der Waals surface area (Å²) >= 11 is 0. The summed E-state index contributed by atoms with van der Waals surface area (Å²) in [6.45, 7) is 6.59. The van der Waals surface area contributed by atoms with Gasteiger partial charge in [0.05, 0.1) is 0 Å². The molecule has 3 atom stereocenters. The second-order valence-corrected chi connectivity index (χ2v) is 7.71. The molecular formula is C21H39N3O. The van der Waals surface area contributed by atoms with Gasteiger partial charge in [-0.05, 0) is 79.2 Å². The van der Waals surface area contributed by atoms with Crippen LogP contribution in [-0.2, 0) is 0 Å². The highest BCUT2D eigenvalue weighted by atomic mass is 16.3. The van der Waals surface area contributed by atoms with E-state index in [9.17, 15) is 5.11 Å². The van der Waals surface area contributed by atoms with E-state index in [2.05, 4.69) is 89.9 Å². The van der Waals surface area contributed by atoms with Gasteiger partial charge in [-0.15, -0.1) is 0 Å². The third-order valence-electron chi connectivity index (χ3n) is 5.32. The fourth-order valence-corrected chi connectivity index (χ4v) is 4.03. The zero-order valence-electron chi connectivity index (χ0n) is 17.8. The highest BCUT2D eigenvalue weighted by Crippen LogP contribution is 2.40. The molecule has 0 saturated heterocycles. The van der Waals surface area contributed by atoms with Crippen LogP contribution in [0.3, 0.4) is 0 Å². The zero-order chi connectivity index (χ0) is 19.3. The molecule has 25 heavy (non-hydrogen) atoms. The van der Waals surface area contributed by atoms with Gasteiger partial charge in [0.2, 0.25) is 0 Å². The average Bonchev–Trinajstić information content (AvgIpc) is 2.52. The van der Waals surface area contributed by atoms with Crippen molar-refractivity contribution in [2.45, 2.75) is 58.2 Å². The van der Waals surface area contributed by atoms with Crippen LogP contribution in [0.5, 0.6) is 5.75 Å². The number of benzene rings is 1. The largest absolute Gasteiger partial charge is 0.507 e. The summed E-state index contributed by atoms with van der Waals surface area (Å²) in [6.07, 6.45) is 3.00. The van der Waals surface area contributed by atoms with Crippen molar-refractivity contribution in [3.63, 3.8) is 0 Å². The first-order chi connectivity index (χ1) is 11.7. The Labute approximate surface area is 155 Å². The number of phenolic OH excluding ortho intramolecular Hbond substituents is 1. The van der Waals surface area contributed by atoms with E-state index in [0.717, 1.165) is 30.4 Å². The average molecular weight is 350 g/mol. The molecule has 1 N–H and O–H groups in total. The third kappa shape index (κ3) is 4.96. The summed E-state index contributed by atoms with van der Waals surface area (Å²) in [5.74, 6) is 0.471. The number of phenols is 1. The van der Waals surface area contributed by atoms with Gasteiger partial charge < -0.3 is 19.8 Å². The van der Waals surface area contributed by atoms with Crippen molar-refractivity contribution in [2.75, 3.05) is 42.3 Å². The van der Waals surface area contributed by atoms with Crippen LogP contribution in [0.25, 0.3) is 0 Å². The first-order valence-corrected chi connectivity index (χ1v) is 9.55. The highest BCUT2D eigenvalue weighted by Gasteiger charge is 2.26. The van der Waals surface area contributed by atoms with E-state index >= 15 is 0 Å². The van der Waals surface area contributed by atoms with Crippen LogP contribution < -0.4 is 0 Å². The van der Waals surface area contributed by atoms with Crippen LogP contribution in [0.4, 0.5) is 0 Å². The summed E-state index contributed by atoms with van der Waals surface area (Å²) in [6, 6.07) is 5.25. The maximum Gasteiger partial charge on any atom is 0.125 e. The Hall–Kier alpha value is -1.10. The molecule has 0 saturated carbocycles. The predicted octanol–water partition coefficient (Wildman–Crippen LogP) is 4.43. The molecule has 0 aromatic heterocycles. The van der Waals surface area contributed by atoms with Gasteiger partial charge in [-0.1, -0.05) is 20.8 Å². The fourth-order valence-electron chi connectivity index (χ4n) is 4.03. The zero-order valence-corrected chi connectivity index (χ0v) is 17.8. The first-order valence-electron chi connectivity index (χ1n) is 9.55. The predicted molar refractivity (Wildman–Crippen MR) is 108 cm³/mol. The van der Waals surface area contributed by atoms with E-state index < -0.39 is 0 Å². The molecule has 0 heterocycles. The SMILES string of the molecule is CCC(c1cc(C(CC)N(C)C)c(O)c(C(CC)N(C)C)c1)N(C)C. The van der Waals surface area contributed by atoms with Crippen molar-refractivity contribution in [1.29, 1.82) is 0 Å². The number of nitrogens with zero attached hydrogens (tertiary/aromatic N) is 3. The van der Waals surface area contributed by atoms with Gasteiger partial charge >= 0.3 is 0 Å². The van der Waals surface area contributed by atoms with Gasteiger partial charge in [0.15, 0.2) is 0 Å². The maximum atomic E-state index is 11.1. The van der Waals surface area contributed by atoms with Gasteiger partial charge in [-0.25, -0.2) is 0 Å². The Morgan fingerprint density at radius 2 is 1.00 bits per heavy atom. The molecule has 3 unspecified atom stereocenters. The molecule has 1 aromatic carbocycles. The second-order valence-electron chi connectivity index (χ2n) is 7.71. The number of rotatable bonds is 9. The maximum absolute atomic E-state index is 11.1. The third-order valence-corrected chi connectivity index (χ3v) is 5.32. The Kier molecular flexibility index (Phi) is 8.39. The lowest BCUT2D eigenvalue weighted by Gasteiger charge is -2.32. The minimum Gasteiger partial charge on any atom is -0.507 e. The van der Waals surface area contributed by atoms with E-state index in [4.69, 9.17) is 0 Å². The molecular weight excluding hydrogens is 310 g/mol. The Bertz CT molecular complexity index is 503. The van der Waals surface area contributed by atoms with Gasteiger partial charge in [-0.3, -0.25) is 0 Å². The lowest BCUT2D eigenvalue weighted by atomic mass is 9.89. The molecule has 0 fully saturated rings. The Balaban J connectivity index is 3.65. The van der Waals surface area contributed by atoms with Crippen LogP contribution in [0.2, 0.25) is 0 Å². The summed E-state index contributed by atoms with van der Waals surface area (Å²) in [4.78, 5) is 6.68. The van der Waals surface area contributed by atoms with Crippen molar-refractivity contribution in [1.82, 2.24) is 14.7 Å². The van der Waals surface area contributed by atoms with Crippen LogP contribution in [-0.4, -0.2) is 62.1 Å². The molecule has 0 bridgehead atoms. The Morgan fingerprint density at radius 3 is 1.24 bits per heavy atom. The minimum atomic E-state index is 0.220. The molecule has 0 aliphatic carbocycles. The van der Waals surface area contributed by atoms with Gasteiger partial charge in [0, 0.05) is 29.3 Å². The molecule has 1 aromatic rings. The molecule has 0 aliphatic rings. The van der Waals surface area contributed by atoms with Crippen LogP contribution in [0.1, 0.15) is 74.8 Å². The fraction of sp³-hybridized carbons (Fsp3) is 0.714. The van der Waals surface area contributed by atoms with Crippen LogP contribution >= 0.6 is 0 Å². The van der Waals surface area contributed by atoms with Crippen molar-refractivity contribution in [3.05, 3.63) is 28.8 Å². The Morgan fingerprint density at radius 1 is 0.680 bits per heavy atom. The normalized spacial score (nSPS) is 15.8. The number of hydrogen-bond donors (Lipinski definition) is 1. The lowest BCUT2D eigenvalue weighted by molar-refractivity contribution is 0.265. The summed E-state index contributed by atoms with van der Waals surface area (Å²) in [5, 5.41) is 11.1. The van der Waals surface area contributed by atoms with E-state index in [1.165, 1.54) is 5.56 Å². The molecule has 4 nitrogen and oxygen atoms in total. The quantitative estimate of drug-likeness (QED) is 0.714. The van der Waals surface area contributed by atoms with Crippen molar-refractivity contribution in [2.24, 2.45) is 0 Å². The monoisotopic (exact) mass is 349 g/mol. The second kappa shape index (κ2) is 9.56. The summed E-state index contributed by atoms with van der Waals surface area (Å²) in [5.41, 5.74) is 3.41. The van der Waals surface area contributed by atoms with Crippen molar-refractivity contribution >= 4 is 0 Å². The van der Waals surface area contributed by atoms with Crippen molar-refractivity contribution in [3.8, 4) is 5.75 Å². The number of hydrogen-bond acceptors (Lipinski definition) is 4.